The van der Waals surface area contributed by atoms with Crippen LogP contribution in [0.3, 0.4) is 0 Å². The van der Waals surface area contributed by atoms with E-state index in [0.29, 0.717) is 13.2 Å². The lowest BCUT2D eigenvalue weighted by molar-refractivity contribution is 0.0895. The molecule has 2 aliphatic heterocycles. The summed E-state index contributed by atoms with van der Waals surface area (Å²) in [5.74, 6) is 1.69. The van der Waals surface area contributed by atoms with Gasteiger partial charge in [-0.25, -0.2) is 0 Å². The van der Waals surface area contributed by atoms with E-state index in [4.69, 9.17) is 15.2 Å². The number of ether oxygens (including phenoxy) is 2. The van der Waals surface area contributed by atoms with E-state index >= 15 is 0 Å². The van der Waals surface area contributed by atoms with E-state index in [0.717, 1.165) is 42.0 Å². The van der Waals surface area contributed by atoms with Crippen molar-refractivity contribution in [3.05, 3.63) is 22.2 Å². The Morgan fingerprint density at radius 2 is 1.95 bits per heavy atom. The lowest BCUT2D eigenvalue weighted by atomic mass is 9.79. The van der Waals surface area contributed by atoms with E-state index in [1.165, 1.54) is 5.56 Å². The molecular weight excluding hydrogens is 332 g/mol. The van der Waals surface area contributed by atoms with Crippen LogP contribution in [0, 0.1) is 5.41 Å². The van der Waals surface area contributed by atoms with Gasteiger partial charge in [0.25, 0.3) is 0 Å². The largest absolute Gasteiger partial charge is 0.486 e. The molecule has 2 aliphatic rings. The minimum Gasteiger partial charge on any atom is -0.486 e. The van der Waals surface area contributed by atoms with Crippen LogP contribution in [0.15, 0.2) is 16.6 Å². The third-order valence-corrected chi connectivity index (χ3v) is 5.23. The van der Waals surface area contributed by atoms with Crippen molar-refractivity contribution in [3.63, 3.8) is 0 Å². The van der Waals surface area contributed by atoms with Crippen molar-refractivity contribution in [2.45, 2.75) is 32.9 Å². The molecule has 1 atom stereocenters. The number of rotatable bonds is 2. The van der Waals surface area contributed by atoms with Crippen LogP contribution < -0.4 is 15.2 Å². The van der Waals surface area contributed by atoms with Crippen molar-refractivity contribution in [1.82, 2.24) is 4.90 Å². The smallest absolute Gasteiger partial charge is 0.162 e. The van der Waals surface area contributed by atoms with Crippen LogP contribution in [0.25, 0.3) is 0 Å². The predicted molar refractivity (Wildman–Crippen MR) is 86.8 cm³/mol. The first-order chi connectivity index (χ1) is 9.95. The predicted octanol–water partition coefficient (Wildman–Crippen LogP) is 2.78. The summed E-state index contributed by atoms with van der Waals surface area (Å²) in [7, 11) is 0. The second-order valence-electron chi connectivity index (χ2n) is 6.68. The first kappa shape index (κ1) is 15.1. The topological polar surface area (TPSA) is 47.7 Å². The summed E-state index contributed by atoms with van der Waals surface area (Å²) < 4.78 is 12.4. The van der Waals surface area contributed by atoms with Crippen LogP contribution in [-0.2, 0) is 6.54 Å². The standard InChI is InChI=1S/C16H23BrN2O2/c1-16(2)10-19(4-3-15(16)18)9-11-7-13-14(8-12(11)17)21-6-5-20-13/h7-8,15H,3-6,9-10,18H2,1-2H3. The van der Waals surface area contributed by atoms with Gasteiger partial charge >= 0.3 is 0 Å². The molecule has 2 N–H and O–H groups in total. The van der Waals surface area contributed by atoms with Gasteiger partial charge in [-0.1, -0.05) is 29.8 Å². The van der Waals surface area contributed by atoms with Crippen LogP contribution in [0.2, 0.25) is 0 Å². The van der Waals surface area contributed by atoms with Gasteiger partial charge in [0.1, 0.15) is 13.2 Å². The Hall–Kier alpha value is -0.780. The average molecular weight is 355 g/mol. The van der Waals surface area contributed by atoms with Crippen molar-refractivity contribution >= 4 is 15.9 Å². The van der Waals surface area contributed by atoms with Gasteiger partial charge in [0, 0.05) is 30.1 Å². The SMILES string of the molecule is CC1(C)CN(Cc2cc3c(cc2Br)OCCO3)CCC1N. The Morgan fingerprint density at radius 3 is 2.62 bits per heavy atom. The maximum absolute atomic E-state index is 6.22. The van der Waals surface area contributed by atoms with E-state index < -0.39 is 0 Å². The van der Waals surface area contributed by atoms with Crippen molar-refractivity contribution in [1.29, 1.82) is 0 Å². The summed E-state index contributed by atoms with van der Waals surface area (Å²) in [6.45, 7) is 8.73. The fourth-order valence-electron chi connectivity index (χ4n) is 3.09. The fourth-order valence-corrected chi connectivity index (χ4v) is 3.54. The van der Waals surface area contributed by atoms with Gasteiger partial charge in [-0.05, 0) is 29.5 Å². The Labute approximate surface area is 134 Å². The molecular formula is C16H23BrN2O2. The zero-order valence-corrected chi connectivity index (χ0v) is 14.3. The van der Waals surface area contributed by atoms with Gasteiger partial charge in [-0.2, -0.15) is 0 Å². The lowest BCUT2D eigenvalue weighted by Gasteiger charge is -2.42. The van der Waals surface area contributed by atoms with Crippen molar-refractivity contribution in [2.75, 3.05) is 26.3 Å². The molecule has 4 nitrogen and oxygen atoms in total. The van der Waals surface area contributed by atoms with Gasteiger partial charge < -0.3 is 15.2 Å². The van der Waals surface area contributed by atoms with Gasteiger partial charge in [0.2, 0.25) is 0 Å². The second-order valence-corrected chi connectivity index (χ2v) is 7.54. The molecule has 116 valence electrons. The molecule has 1 unspecified atom stereocenters. The van der Waals surface area contributed by atoms with Crippen LogP contribution in [-0.4, -0.2) is 37.2 Å². The van der Waals surface area contributed by atoms with Gasteiger partial charge in [0.05, 0.1) is 0 Å². The number of hydrogen-bond acceptors (Lipinski definition) is 4. The minimum absolute atomic E-state index is 0.165. The summed E-state index contributed by atoms with van der Waals surface area (Å²) in [4.78, 5) is 2.47. The molecule has 0 saturated carbocycles. The quantitative estimate of drug-likeness (QED) is 0.886. The lowest BCUT2D eigenvalue weighted by Crippen LogP contribution is -2.52. The second kappa shape index (κ2) is 5.78. The normalized spacial score (nSPS) is 24.9. The number of piperidine rings is 1. The van der Waals surface area contributed by atoms with Gasteiger partial charge in [-0.3, -0.25) is 4.90 Å². The number of nitrogens with zero attached hydrogens (tertiary/aromatic N) is 1. The Balaban J connectivity index is 1.76. The zero-order chi connectivity index (χ0) is 15.0. The monoisotopic (exact) mass is 354 g/mol. The molecule has 0 amide bonds. The Bertz CT molecular complexity index is 533. The van der Waals surface area contributed by atoms with Crippen LogP contribution in [0.1, 0.15) is 25.8 Å². The molecule has 0 aromatic heterocycles. The molecule has 0 aliphatic carbocycles. The average Bonchev–Trinajstić information content (AvgIpc) is 2.43. The molecule has 5 heteroatoms. The van der Waals surface area contributed by atoms with E-state index in [1.54, 1.807) is 0 Å². The molecule has 0 radical (unpaired) electrons. The number of benzene rings is 1. The Morgan fingerprint density at radius 1 is 1.29 bits per heavy atom. The number of fused-ring (bicyclic) bond motifs is 1. The first-order valence-electron chi connectivity index (χ1n) is 7.52. The summed E-state index contributed by atoms with van der Waals surface area (Å²) in [5, 5.41) is 0. The van der Waals surface area contributed by atoms with E-state index in [9.17, 15) is 0 Å². The van der Waals surface area contributed by atoms with E-state index in [1.807, 2.05) is 6.07 Å². The molecule has 1 saturated heterocycles. The molecule has 2 heterocycles. The number of nitrogens with two attached hydrogens (primary N) is 1. The highest BCUT2D eigenvalue weighted by Gasteiger charge is 2.33. The summed E-state index contributed by atoms with van der Waals surface area (Å²) in [5.41, 5.74) is 7.62. The fraction of sp³-hybridized carbons (Fsp3) is 0.625. The van der Waals surface area contributed by atoms with Crippen LogP contribution in [0.4, 0.5) is 0 Å². The van der Waals surface area contributed by atoms with Crippen LogP contribution in [0.5, 0.6) is 11.5 Å². The number of hydrogen-bond donors (Lipinski definition) is 1. The highest BCUT2D eigenvalue weighted by molar-refractivity contribution is 9.10. The maximum Gasteiger partial charge on any atom is 0.162 e. The van der Waals surface area contributed by atoms with E-state index in [-0.39, 0.29) is 11.5 Å². The third kappa shape index (κ3) is 3.20. The molecule has 1 fully saturated rings. The molecule has 0 bridgehead atoms. The zero-order valence-electron chi connectivity index (χ0n) is 12.7. The highest BCUT2D eigenvalue weighted by atomic mass is 79.9. The van der Waals surface area contributed by atoms with Crippen molar-refractivity contribution in [3.8, 4) is 11.5 Å². The number of likely N-dealkylation sites (tertiary alicyclic amines) is 1. The molecule has 0 spiro atoms. The molecule has 1 aromatic rings. The van der Waals surface area contributed by atoms with Crippen molar-refractivity contribution in [2.24, 2.45) is 11.1 Å². The first-order valence-corrected chi connectivity index (χ1v) is 8.31. The highest BCUT2D eigenvalue weighted by Crippen LogP contribution is 2.37. The van der Waals surface area contributed by atoms with Gasteiger partial charge in [-0.15, -0.1) is 0 Å². The summed E-state index contributed by atoms with van der Waals surface area (Å²) in [6.07, 6.45) is 1.05. The third-order valence-electron chi connectivity index (χ3n) is 4.50. The van der Waals surface area contributed by atoms with Crippen molar-refractivity contribution < 1.29 is 9.47 Å². The van der Waals surface area contributed by atoms with E-state index in [2.05, 4.69) is 40.7 Å². The van der Waals surface area contributed by atoms with Gasteiger partial charge in [0.15, 0.2) is 11.5 Å². The summed E-state index contributed by atoms with van der Waals surface area (Å²) >= 11 is 3.66. The van der Waals surface area contributed by atoms with Crippen LogP contribution >= 0.6 is 15.9 Å². The molecule has 1 aromatic carbocycles. The molecule has 3 rings (SSSR count). The summed E-state index contributed by atoms with van der Waals surface area (Å²) in [6, 6.07) is 4.41. The Kier molecular flexibility index (Phi) is 4.17. The minimum atomic E-state index is 0.165. The molecule has 21 heavy (non-hydrogen) atoms. The maximum atomic E-state index is 6.22. The number of halogens is 1.